The lowest BCUT2D eigenvalue weighted by atomic mass is 10.1. The third-order valence-electron chi connectivity index (χ3n) is 4.11. The molecule has 0 aliphatic carbocycles. The van der Waals surface area contributed by atoms with Crippen molar-refractivity contribution in [3.05, 3.63) is 83.8 Å². The van der Waals surface area contributed by atoms with E-state index in [1.54, 1.807) is 30.3 Å². The van der Waals surface area contributed by atoms with Crippen molar-refractivity contribution in [2.24, 2.45) is 5.14 Å². The van der Waals surface area contributed by atoms with E-state index in [1.807, 2.05) is 6.92 Å². The van der Waals surface area contributed by atoms with Crippen LogP contribution in [0.2, 0.25) is 0 Å². The normalized spacial score (nSPS) is 12.2. The number of nitrogens with one attached hydrogen (secondary N) is 2. The number of aryl methyl sites for hydroxylation is 1. The average molecular weight is 413 g/mol. The Morgan fingerprint density at radius 3 is 2.21 bits per heavy atom. The first-order valence-corrected chi connectivity index (χ1v) is 10.1. The molecule has 0 radical (unpaired) electrons. The van der Waals surface area contributed by atoms with Gasteiger partial charge in [0.25, 0.3) is 5.91 Å². The van der Waals surface area contributed by atoms with Crippen molar-refractivity contribution in [1.82, 2.24) is 5.32 Å². The van der Waals surface area contributed by atoms with Crippen molar-refractivity contribution in [1.29, 1.82) is 0 Å². The Labute approximate surface area is 167 Å². The first kappa shape index (κ1) is 20.3. The Morgan fingerprint density at radius 2 is 1.66 bits per heavy atom. The van der Waals surface area contributed by atoms with Crippen molar-refractivity contribution < 1.29 is 22.4 Å². The van der Waals surface area contributed by atoms with Gasteiger partial charge in [-0.15, -0.1) is 0 Å². The van der Waals surface area contributed by atoms with Gasteiger partial charge in [-0.3, -0.25) is 9.59 Å². The maximum absolute atomic E-state index is 13.0. The summed E-state index contributed by atoms with van der Waals surface area (Å²) >= 11 is 0. The number of nitrogens with two attached hydrogens (primary N) is 1. The van der Waals surface area contributed by atoms with E-state index in [2.05, 4.69) is 10.6 Å². The Morgan fingerprint density at radius 1 is 1.00 bits per heavy atom. The van der Waals surface area contributed by atoms with E-state index in [-0.39, 0.29) is 16.4 Å². The molecule has 1 atom stereocenters. The number of furan rings is 1. The summed E-state index contributed by atoms with van der Waals surface area (Å²) in [6, 6.07) is 15.5. The quantitative estimate of drug-likeness (QED) is 0.402. The maximum Gasteiger partial charge on any atom is 0.288 e. The van der Waals surface area contributed by atoms with Gasteiger partial charge in [-0.25, -0.2) is 13.6 Å². The van der Waals surface area contributed by atoms with Crippen LogP contribution >= 0.6 is 0 Å². The zero-order chi connectivity index (χ0) is 21.0. The molecule has 150 valence electrons. The molecule has 9 heteroatoms. The molecule has 0 aliphatic rings. The molecule has 0 unspecified atom stereocenters. The van der Waals surface area contributed by atoms with Crippen LogP contribution in [0.1, 0.15) is 26.5 Å². The predicted octanol–water partition coefficient (Wildman–Crippen LogP) is 2.29. The fraction of sp³-hybridized carbons (Fsp3) is 0.100. The summed E-state index contributed by atoms with van der Waals surface area (Å²) in [5.41, 5.74) is 1.81. The highest BCUT2D eigenvalue weighted by Crippen LogP contribution is 2.15. The molecule has 1 amide bonds. The van der Waals surface area contributed by atoms with Crippen LogP contribution in [0.25, 0.3) is 0 Å². The van der Waals surface area contributed by atoms with E-state index in [1.165, 1.54) is 36.6 Å². The molecule has 1 aromatic heterocycles. The second-order valence-corrected chi connectivity index (χ2v) is 7.89. The van der Waals surface area contributed by atoms with E-state index in [9.17, 15) is 18.0 Å². The molecule has 2 aromatic carbocycles. The number of ketones is 1. The second kappa shape index (κ2) is 8.29. The largest absolute Gasteiger partial charge is 0.459 e. The van der Waals surface area contributed by atoms with E-state index in [0.29, 0.717) is 11.3 Å². The number of Topliss-reactive ketones (excluding diaryl/α,β-unsaturated/α-hetero) is 1. The number of carbonyl (C=O) groups excluding carboxylic acids is 2. The molecule has 0 saturated heterocycles. The number of hydrogen-bond donors (Lipinski definition) is 3. The van der Waals surface area contributed by atoms with Crippen LogP contribution in [0.4, 0.5) is 5.69 Å². The summed E-state index contributed by atoms with van der Waals surface area (Å²) in [5.74, 6) is -0.896. The number of sulfonamides is 1. The highest BCUT2D eigenvalue weighted by atomic mass is 32.2. The van der Waals surface area contributed by atoms with E-state index >= 15 is 0 Å². The number of hydrogen-bond acceptors (Lipinski definition) is 6. The van der Waals surface area contributed by atoms with Crippen molar-refractivity contribution in [3.63, 3.8) is 0 Å². The molecule has 1 heterocycles. The highest BCUT2D eigenvalue weighted by molar-refractivity contribution is 7.89. The number of rotatable bonds is 7. The summed E-state index contributed by atoms with van der Waals surface area (Å²) in [5, 5.41) is 10.6. The lowest BCUT2D eigenvalue weighted by Crippen LogP contribution is -2.46. The van der Waals surface area contributed by atoms with Gasteiger partial charge in [0, 0.05) is 11.3 Å². The third kappa shape index (κ3) is 5.09. The van der Waals surface area contributed by atoms with Crippen LogP contribution in [-0.4, -0.2) is 26.3 Å². The first-order valence-electron chi connectivity index (χ1n) is 8.59. The van der Waals surface area contributed by atoms with Gasteiger partial charge in [0.05, 0.1) is 11.2 Å². The Kier molecular flexibility index (Phi) is 5.81. The molecule has 0 bridgehead atoms. The van der Waals surface area contributed by atoms with E-state index in [0.717, 1.165) is 5.56 Å². The van der Waals surface area contributed by atoms with Crippen LogP contribution in [-0.2, 0) is 10.0 Å². The SMILES string of the molecule is Cc1ccc(C(=O)[C@H](NC(=O)c2ccco2)Nc2ccc(S(N)(=O)=O)cc2)cc1. The van der Waals surface area contributed by atoms with Crippen molar-refractivity contribution >= 4 is 27.4 Å². The molecule has 3 aromatic rings. The molecular formula is C20H19N3O5S. The van der Waals surface area contributed by atoms with Crippen molar-refractivity contribution in [3.8, 4) is 0 Å². The lowest BCUT2D eigenvalue weighted by molar-refractivity contribution is 0.0853. The summed E-state index contributed by atoms with van der Waals surface area (Å²) < 4.78 is 27.9. The minimum Gasteiger partial charge on any atom is -0.459 e. The minimum atomic E-state index is -3.84. The first-order chi connectivity index (χ1) is 13.7. The van der Waals surface area contributed by atoms with Gasteiger partial charge in [-0.2, -0.15) is 0 Å². The van der Waals surface area contributed by atoms with Gasteiger partial charge in [0.15, 0.2) is 11.9 Å². The molecule has 29 heavy (non-hydrogen) atoms. The number of carbonyl (C=O) groups is 2. The van der Waals surface area contributed by atoms with Gasteiger partial charge < -0.3 is 15.1 Å². The Bertz CT molecular complexity index is 1110. The Hall–Kier alpha value is -3.43. The van der Waals surface area contributed by atoms with Gasteiger partial charge in [-0.1, -0.05) is 29.8 Å². The molecule has 0 spiro atoms. The van der Waals surface area contributed by atoms with Crippen LogP contribution in [0.15, 0.2) is 76.2 Å². The minimum absolute atomic E-state index is 0.0538. The lowest BCUT2D eigenvalue weighted by Gasteiger charge is -2.20. The topological polar surface area (TPSA) is 132 Å². The zero-order valence-electron chi connectivity index (χ0n) is 15.5. The molecule has 0 saturated carbocycles. The molecule has 0 aliphatic heterocycles. The number of anilines is 1. The van der Waals surface area contributed by atoms with E-state index < -0.39 is 22.1 Å². The number of primary sulfonamides is 1. The van der Waals surface area contributed by atoms with Crippen molar-refractivity contribution in [2.75, 3.05) is 5.32 Å². The summed E-state index contributed by atoms with van der Waals surface area (Å²) in [6.45, 7) is 1.90. The Balaban J connectivity index is 1.86. The molecule has 8 nitrogen and oxygen atoms in total. The standard InChI is InChI=1S/C20H19N3O5S/c1-13-4-6-14(7-5-13)18(24)19(23-20(25)17-3-2-12-28-17)22-15-8-10-16(11-9-15)29(21,26)27/h2-12,19,22H,1H3,(H,23,25)(H2,21,26,27)/t19-/m0/s1. The smallest absolute Gasteiger partial charge is 0.288 e. The average Bonchev–Trinajstić information content (AvgIpc) is 3.22. The van der Waals surface area contributed by atoms with Crippen molar-refractivity contribution in [2.45, 2.75) is 18.0 Å². The predicted molar refractivity (Wildman–Crippen MR) is 107 cm³/mol. The number of benzene rings is 2. The van der Waals surface area contributed by atoms with Crippen LogP contribution in [0, 0.1) is 6.92 Å². The highest BCUT2D eigenvalue weighted by Gasteiger charge is 2.24. The molecule has 3 rings (SSSR count). The molecular weight excluding hydrogens is 394 g/mol. The van der Waals surface area contributed by atoms with Crippen LogP contribution in [0.3, 0.4) is 0 Å². The van der Waals surface area contributed by atoms with Crippen LogP contribution in [0.5, 0.6) is 0 Å². The van der Waals surface area contributed by atoms with Gasteiger partial charge >= 0.3 is 0 Å². The molecule has 0 fully saturated rings. The third-order valence-corrected chi connectivity index (χ3v) is 5.04. The van der Waals surface area contributed by atoms with Gasteiger partial charge in [-0.05, 0) is 43.3 Å². The summed E-state index contributed by atoms with van der Waals surface area (Å²) in [6.07, 6.45) is 0.237. The second-order valence-electron chi connectivity index (χ2n) is 6.33. The van der Waals surface area contributed by atoms with Gasteiger partial charge in [0.1, 0.15) is 0 Å². The fourth-order valence-electron chi connectivity index (χ4n) is 2.57. The summed E-state index contributed by atoms with van der Waals surface area (Å²) in [7, 11) is -3.84. The molecule has 4 N–H and O–H groups in total. The monoisotopic (exact) mass is 413 g/mol. The maximum atomic E-state index is 13.0. The fourth-order valence-corrected chi connectivity index (χ4v) is 3.08. The van der Waals surface area contributed by atoms with E-state index in [4.69, 9.17) is 9.56 Å². The van der Waals surface area contributed by atoms with Gasteiger partial charge in [0.2, 0.25) is 15.8 Å². The number of amides is 1. The van der Waals surface area contributed by atoms with Crippen LogP contribution < -0.4 is 15.8 Å². The zero-order valence-corrected chi connectivity index (χ0v) is 16.3. The summed E-state index contributed by atoms with van der Waals surface area (Å²) in [4.78, 5) is 25.3.